The Morgan fingerprint density at radius 3 is 2.80 bits per heavy atom. The van der Waals surface area contributed by atoms with Gasteiger partial charge in [-0.3, -0.25) is 0 Å². The Balaban J connectivity index is 2.13. The zero-order chi connectivity index (χ0) is 14.8. The second kappa shape index (κ2) is 6.38. The van der Waals surface area contributed by atoms with Crippen LogP contribution in [0.5, 0.6) is 0 Å². The van der Waals surface area contributed by atoms with Crippen LogP contribution in [0.3, 0.4) is 0 Å². The van der Waals surface area contributed by atoms with Crippen LogP contribution in [-0.2, 0) is 18.1 Å². The molecule has 0 spiro atoms. The van der Waals surface area contributed by atoms with Crippen LogP contribution in [0.2, 0.25) is 25.7 Å². The normalized spacial score (nSPS) is 12.2. The van der Waals surface area contributed by atoms with Crippen LogP contribution in [0.25, 0.3) is 11.0 Å². The lowest BCUT2D eigenvalue weighted by atomic mass is 10.2. The van der Waals surface area contributed by atoms with E-state index in [-0.39, 0.29) is 6.61 Å². The summed E-state index contributed by atoms with van der Waals surface area (Å²) in [5, 5.41) is 10.4. The summed E-state index contributed by atoms with van der Waals surface area (Å²) < 4.78 is 8.67. The number of nitrogens with zero attached hydrogens (tertiary/aromatic N) is 2. The molecule has 1 N–H and O–H groups in total. The predicted octanol–water partition coefficient (Wildman–Crippen LogP) is 3.60. The molecule has 0 aliphatic heterocycles. The second-order valence-electron chi connectivity index (χ2n) is 6.12. The highest BCUT2D eigenvalue weighted by Crippen LogP contribution is 2.27. The van der Waals surface area contributed by atoms with Gasteiger partial charge in [0.2, 0.25) is 0 Å². The van der Waals surface area contributed by atoms with Gasteiger partial charge in [-0.15, -0.1) is 0 Å². The molecule has 0 saturated carbocycles. The highest BCUT2D eigenvalue weighted by Gasteiger charge is 2.14. The smallest absolute Gasteiger partial charge is 0.143 e. The molecule has 6 heteroatoms. The topological polar surface area (TPSA) is 47.3 Å². The number of aliphatic hydroxyl groups is 1. The molecular weight excluding hydrogens is 336 g/mol. The van der Waals surface area contributed by atoms with Crippen LogP contribution in [0.1, 0.15) is 5.56 Å². The first-order chi connectivity index (χ1) is 9.42. The minimum absolute atomic E-state index is 0.00268. The molecule has 20 heavy (non-hydrogen) atoms. The molecule has 0 bridgehead atoms. The van der Waals surface area contributed by atoms with Gasteiger partial charge in [0, 0.05) is 42.5 Å². The van der Waals surface area contributed by atoms with E-state index >= 15 is 0 Å². The largest absolute Gasteiger partial charge is 0.392 e. The van der Waals surface area contributed by atoms with Gasteiger partial charge in [0.05, 0.1) is 6.61 Å². The van der Waals surface area contributed by atoms with Gasteiger partial charge < -0.3 is 14.4 Å². The van der Waals surface area contributed by atoms with Gasteiger partial charge in [-0.2, -0.15) is 0 Å². The molecule has 0 fully saturated rings. The first-order valence-corrected chi connectivity index (χ1v) is 11.2. The standard InChI is InChI=1S/C14H21BrN2O2Si/c1-20(2,3)7-6-19-10-17-8-11(9-18)13-12(15)4-5-16-14(13)17/h4-5,8,18H,6-7,9-10H2,1-3H3. The molecule has 0 unspecified atom stereocenters. The second-order valence-corrected chi connectivity index (χ2v) is 12.6. The third kappa shape index (κ3) is 3.69. The molecule has 4 nitrogen and oxygen atoms in total. The van der Waals surface area contributed by atoms with Gasteiger partial charge in [0.25, 0.3) is 0 Å². The highest BCUT2D eigenvalue weighted by atomic mass is 79.9. The molecule has 0 amide bonds. The Kier molecular flexibility index (Phi) is 5.01. The van der Waals surface area contributed by atoms with Gasteiger partial charge in [-0.05, 0) is 28.0 Å². The van der Waals surface area contributed by atoms with Crippen molar-refractivity contribution in [1.29, 1.82) is 0 Å². The number of halogens is 1. The molecule has 0 saturated heterocycles. The number of fused-ring (bicyclic) bond motifs is 1. The van der Waals surface area contributed by atoms with Crippen LogP contribution >= 0.6 is 15.9 Å². The number of aromatic nitrogens is 2. The molecule has 0 aliphatic rings. The molecule has 2 rings (SSSR count). The van der Waals surface area contributed by atoms with E-state index in [1.54, 1.807) is 6.20 Å². The van der Waals surface area contributed by atoms with Crippen molar-refractivity contribution in [2.24, 2.45) is 0 Å². The molecule has 0 aliphatic carbocycles. The van der Waals surface area contributed by atoms with Crippen molar-refractivity contribution in [2.75, 3.05) is 6.61 Å². The summed E-state index contributed by atoms with van der Waals surface area (Å²) in [5.74, 6) is 0. The zero-order valence-corrected chi connectivity index (χ0v) is 14.8. The lowest BCUT2D eigenvalue weighted by Gasteiger charge is -2.15. The maximum absolute atomic E-state index is 9.45. The summed E-state index contributed by atoms with van der Waals surface area (Å²) in [6.07, 6.45) is 3.67. The van der Waals surface area contributed by atoms with Gasteiger partial charge in [0.15, 0.2) is 0 Å². The average Bonchev–Trinajstić information content (AvgIpc) is 2.73. The number of rotatable bonds is 6. The summed E-state index contributed by atoms with van der Waals surface area (Å²) in [7, 11) is -1.06. The molecule has 2 heterocycles. The Morgan fingerprint density at radius 2 is 2.15 bits per heavy atom. The van der Waals surface area contributed by atoms with Crippen molar-refractivity contribution in [3.05, 3.63) is 28.5 Å². The highest BCUT2D eigenvalue weighted by molar-refractivity contribution is 9.10. The van der Waals surface area contributed by atoms with Crippen LogP contribution in [0, 0.1) is 0 Å². The first kappa shape index (κ1) is 15.7. The predicted molar refractivity (Wildman–Crippen MR) is 87.5 cm³/mol. The molecule has 110 valence electrons. The summed E-state index contributed by atoms with van der Waals surface area (Å²) >= 11 is 3.51. The van der Waals surface area contributed by atoms with Crippen molar-refractivity contribution in [3.63, 3.8) is 0 Å². The molecule has 0 atom stereocenters. The molecule has 2 aromatic rings. The van der Waals surface area contributed by atoms with Crippen molar-refractivity contribution < 1.29 is 9.84 Å². The molecule has 0 radical (unpaired) electrons. The van der Waals surface area contributed by atoms with E-state index < -0.39 is 8.07 Å². The molecular formula is C14H21BrN2O2Si. The third-order valence-corrected chi connectivity index (χ3v) is 5.55. The van der Waals surface area contributed by atoms with E-state index in [2.05, 4.69) is 40.6 Å². The van der Waals surface area contributed by atoms with Crippen LogP contribution in [0.4, 0.5) is 0 Å². The summed E-state index contributed by atoms with van der Waals surface area (Å²) in [4.78, 5) is 4.39. The fourth-order valence-electron chi connectivity index (χ4n) is 2.02. The van der Waals surface area contributed by atoms with Crippen LogP contribution in [-0.4, -0.2) is 29.3 Å². The SMILES string of the molecule is C[Si](C)(C)CCOCn1cc(CO)c2c(Br)ccnc21. The van der Waals surface area contributed by atoms with E-state index in [9.17, 15) is 5.11 Å². The summed E-state index contributed by atoms with van der Waals surface area (Å²) in [6, 6.07) is 3.04. The summed E-state index contributed by atoms with van der Waals surface area (Å²) in [6.45, 7) is 8.27. The number of ether oxygens (including phenoxy) is 1. The lowest BCUT2D eigenvalue weighted by molar-refractivity contribution is 0.0896. The quantitative estimate of drug-likeness (QED) is 0.635. The van der Waals surface area contributed by atoms with Crippen molar-refractivity contribution in [3.8, 4) is 0 Å². The minimum Gasteiger partial charge on any atom is -0.392 e. The van der Waals surface area contributed by atoms with E-state index in [4.69, 9.17) is 4.74 Å². The Labute approximate surface area is 128 Å². The third-order valence-electron chi connectivity index (χ3n) is 3.18. The van der Waals surface area contributed by atoms with Gasteiger partial charge in [0.1, 0.15) is 12.4 Å². The average molecular weight is 357 g/mol. The Hall–Kier alpha value is -0.693. The van der Waals surface area contributed by atoms with Crippen molar-refractivity contribution in [1.82, 2.24) is 9.55 Å². The zero-order valence-electron chi connectivity index (χ0n) is 12.2. The minimum atomic E-state index is -1.06. The first-order valence-electron chi connectivity index (χ1n) is 6.73. The fraction of sp³-hybridized carbons (Fsp3) is 0.500. The van der Waals surface area contributed by atoms with Gasteiger partial charge >= 0.3 is 0 Å². The number of pyridine rings is 1. The lowest BCUT2D eigenvalue weighted by Crippen LogP contribution is -2.22. The van der Waals surface area contributed by atoms with E-state index in [0.717, 1.165) is 33.7 Å². The van der Waals surface area contributed by atoms with Gasteiger partial charge in [-0.1, -0.05) is 19.6 Å². The Morgan fingerprint density at radius 1 is 1.40 bits per heavy atom. The number of hydrogen-bond acceptors (Lipinski definition) is 3. The monoisotopic (exact) mass is 356 g/mol. The Bertz CT molecular complexity index is 593. The van der Waals surface area contributed by atoms with E-state index in [0.29, 0.717) is 6.73 Å². The van der Waals surface area contributed by atoms with E-state index in [1.807, 2.05) is 16.8 Å². The van der Waals surface area contributed by atoms with Crippen LogP contribution < -0.4 is 0 Å². The maximum atomic E-state index is 9.45. The van der Waals surface area contributed by atoms with Crippen molar-refractivity contribution in [2.45, 2.75) is 39.0 Å². The van der Waals surface area contributed by atoms with Gasteiger partial charge in [-0.25, -0.2) is 4.98 Å². The van der Waals surface area contributed by atoms with Crippen LogP contribution in [0.15, 0.2) is 22.9 Å². The molecule has 0 aromatic carbocycles. The summed E-state index contributed by atoms with van der Waals surface area (Å²) in [5.41, 5.74) is 1.71. The van der Waals surface area contributed by atoms with Crippen molar-refractivity contribution >= 4 is 35.0 Å². The van der Waals surface area contributed by atoms with E-state index in [1.165, 1.54) is 0 Å². The number of hydrogen-bond donors (Lipinski definition) is 1. The molecule has 2 aromatic heterocycles. The fourth-order valence-corrected chi connectivity index (χ4v) is 3.32. The maximum Gasteiger partial charge on any atom is 0.143 e. The number of aliphatic hydroxyl groups excluding tert-OH is 1.